The lowest BCUT2D eigenvalue weighted by Gasteiger charge is -2.00. The highest BCUT2D eigenvalue weighted by Gasteiger charge is 2.05. The fraction of sp³-hybridized carbons (Fsp3) is 0.143. The summed E-state index contributed by atoms with van der Waals surface area (Å²) in [4.78, 5) is 21.3. The molecule has 0 unspecified atom stereocenters. The van der Waals surface area contributed by atoms with Crippen LogP contribution < -0.4 is 5.56 Å². The summed E-state index contributed by atoms with van der Waals surface area (Å²) in [6.45, 7) is 0. The predicted octanol–water partition coefficient (Wildman–Crippen LogP) is 0.0835. The van der Waals surface area contributed by atoms with Gasteiger partial charge in [0.25, 0.3) is 5.56 Å². The van der Waals surface area contributed by atoms with Crippen molar-refractivity contribution < 1.29 is 9.90 Å². The second-order valence-electron chi connectivity index (χ2n) is 2.11. The zero-order valence-corrected chi connectivity index (χ0v) is 5.94. The molecular weight excluding hydrogens is 146 g/mol. The Hall–Kier alpha value is -1.58. The van der Waals surface area contributed by atoms with Crippen LogP contribution in [0.5, 0.6) is 0 Å². The van der Waals surface area contributed by atoms with Gasteiger partial charge in [0.05, 0.1) is 0 Å². The maximum atomic E-state index is 10.8. The van der Waals surface area contributed by atoms with Gasteiger partial charge in [-0.25, -0.2) is 4.79 Å². The Bertz CT molecular complexity index is 340. The first kappa shape index (κ1) is 7.53. The molecule has 0 amide bonds. The molecule has 0 aliphatic rings. The van der Waals surface area contributed by atoms with Crippen LogP contribution in [0.3, 0.4) is 0 Å². The van der Waals surface area contributed by atoms with Crippen LogP contribution in [-0.2, 0) is 7.05 Å². The van der Waals surface area contributed by atoms with Crippen molar-refractivity contribution in [3.8, 4) is 0 Å². The van der Waals surface area contributed by atoms with E-state index in [1.807, 2.05) is 0 Å². The van der Waals surface area contributed by atoms with E-state index in [4.69, 9.17) is 5.11 Å². The third-order valence-corrected chi connectivity index (χ3v) is 1.40. The number of aromatic carboxylic acids is 1. The van der Waals surface area contributed by atoms with Gasteiger partial charge in [-0.05, 0) is 6.07 Å². The van der Waals surface area contributed by atoms with Crippen LogP contribution in [0.1, 0.15) is 10.5 Å². The summed E-state index contributed by atoms with van der Waals surface area (Å²) >= 11 is 0. The van der Waals surface area contributed by atoms with Gasteiger partial charge in [-0.3, -0.25) is 4.79 Å². The number of aromatic nitrogens is 1. The van der Waals surface area contributed by atoms with Crippen molar-refractivity contribution >= 4 is 5.97 Å². The van der Waals surface area contributed by atoms with Gasteiger partial charge in [0.15, 0.2) is 0 Å². The largest absolute Gasteiger partial charge is 0.477 e. The molecule has 1 aromatic rings. The number of pyridine rings is 1. The molecule has 1 rings (SSSR count). The normalized spacial score (nSPS) is 9.55. The third kappa shape index (κ3) is 1.29. The predicted molar refractivity (Wildman–Crippen MR) is 38.6 cm³/mol. The highest BCUT2D eigenvalue weighted by atomic mass is 16.4. The van der Waals surface area contributed by atoms with E-state index in [1.165, 1.54) is 25.2 Å². The van der Waals surface area contributed by atoms with E-state index in [-0.39, 0.29) is 11.3 Å². The number of hydrogen-bond acceptors (Lipinski definition) is 2. The number of carboxylic acid groups (broad SMARTS) is 1. The smallest absolute Gasteiger partial charge is 0.352 e. The minimum atomic E-state index is -1.09. The quantitative estimate of drug-likeness (QED) is 0.621. The number of hydrogen-bond donors (Lipinski definition) is 1. The molecule has 0 aromatic carbocycles. The first-order valence-corrected chi connectivity index (χ1v) is 3.02. The molecule has 0 fully saturated rings. The average molecular weight is 153 g/mol. The maximum Gasteiger partial charge on any atom is 0.352 e. The van der Waals surface area contributed by atoms with Gasteiger partial charge in [-0.15, -0.1) is 0 Å². The van der Waals surface area contributed by atoms with E-state index in [2.05, 4.69) is 0 Å². The molecule has 0 spiro atoms. The summed E-state index contributed by atoms with van der Waals surface area (Å²) in [5, 5.41) is 8.53. The first-order valence-electron chi connectivity index (χ1n) is 3.02. The highest BCUT2D eigenvalue weighted by molar-refractivity contribution is 5.85. The molecule has 4 nitrogen and oxygen atoms in total. The minimum absolute atomic E-state index is 0.00231. The fourth-order valence-electron chi connectivity index (χ4n) is 0.779. The van der Waals surface area contributed by atoms with Crippen LogP contribution in [-0.4, -0.2) is 15.6 Å². The minimum Gasteiger partial charge on any atom is -0.477 e. The van der Waals surface area contributed by atoms with Crippen LogP contribution >= 0.6 is 0 Å². The lowest BCUT2D eigenvalue weighted by Crippen LogP contribution is -2.21. The van der Waals surface area contributed by atoms with E-state index < -0.39 is 5.97 Å². The summed E-state index contributed by atoms with van der Waals surface area (Å²) in [7, 11) is 1.42. The first-order chi connectivity index (χ1) is 5.13. The van der Waals surface area contributed by atoms with Gasteiger partial charge in [-0.2, -0.15) is 0 Å². The van der Waals surface area contributed by atoms with Gasteiger partial charge in [-0.1, -0.05) is 6.07 Å². The standard InChI is InChI=1S/C7H7NO3/c1-8-5(7(10)11)3-2-4-6(8)9/h2-4H,1H3,(H,10,11). The number of carbonyl (C=O) groups is 1. The van der Waals surface area contributed by atoms with Crippen molar-refractivity contribution in [2.75, 3.05) is 0 Å². The Kier molecular flexibility index (Phi) is 1.76. The fourth-order valence-corrected chi connectivity index (χ4v) is 0.779. The molecule has 11 heavy (non-hydrogen) atoms. The maximum absolute atomic E-state index is 10.8. The molecule has 1 heterocycles. The number of rotatable bonds is 1. The zero-order valence-electron chi connectivity index (χ0n) is 5.94. The van der Waals surface area contributed by atoms with E-state index in [0.717, 1.165) is 4.57 Å². The Morgan fingerprint density at radius 1 is 1.55 bits per heavy atom. The molecule has 1 aromatic heterocycles. The Labute approximate surface area is 62.7 Å². The van der Waals surface area contributed by atoms with E-state index in [9.17, 15) is 9.59 Å². The van der Waals surface area contributed by atoms with Crippen LogP contribution in [0.25, 0.3) is 0 Å². The SMILES string of the molecule is Cn1c(C(=O)O)cccc1=O. The summed E-state index contributed by atoms with van der Waals surface area (Å²) in [6.07, 6.45) is 0. The monoisotopic (exact) mass is 153 g/mol. The Balaban J connectivity index is 3.39. The van der Waals surface area contributed by atoms with Gasteiger partial charge < -0.3 is 9.67 Å². The zero-order chi connectivity index (χ0) is 8.43. The summed E-state index contributed by atoms with van der Waals surface area (Å²) < 4.78 is 1.09. The molecule has 0 bridgehead atoms. The number of carboxylic acids is 1. The molecule has 1 N–H and O–H groups in total. The lowest BCUT2D eigenvalue weighted by atomic mass is 10.3. The molecule has 0 saturated heterocycles. The molecule has 4 heteroatoms. The van der Waals surface area contributed by atoms with Crippen LogP contribution in [0, 0.1) is 0 Å². The molecule has 0 saturated carbocycles. The van der Waals surface area contributed by atoms with Crippen LogP contribution in [0.4, 0.5) is 0 Å². The van der Waals surface area contributed by atoms with Crippen molar-refractivity contribution in [3.05, 3.63) is 34.2 Å². The second-order valence-corrected chi connectivity index (χ2v) is 2.11. The van der Waals surface area contributed by atoms with Gasteiger partial charge in [0.1, 0.15) is 5.69 Å². The number of nitrogens with zero attached hydrogens (tertiary/aromatic N) is 1. The molecule has 0 atom stereocenters. The van der Waals surface area contributed by atoms with E-state index in [0.29, 0.717) is 0 Å². The molecule has 0 aliphatic carbocycles. The summed E-state index contributed by atoms with van der Waals surface area (Å²) in [5.74, 6) is -1.09. The Morgan fingerprint density at radius 2 is 2.18 bits per heavy atom. The van der Waals surface area contributed by atoms with Crippen molar-refractivity contribution in [2.24, 2.45) is 7.05 Å². The summed E-state index contributed by atoms with van der Waals surface area (Å²) in [5.41, 5.74) is -0.317. The molecule has 0 radical (unpaired) electrons. The van der Waals surface area contributed by atoms with E-state index in [1.54, 1.807) is 0 Å². The topological polar surface area (TPSA) is 59.3 Å². The second kappa shape index (κ2) is 2.57. The van der Waals surface area contributed by atoms with Gasteiger partial charge in [0, 0.05) is 13.1 Å². The lowest BCUT2D eigenvalue weighted by molar-refractivity contribution is 0.0685. The van der Waals surface area contributed by atoms with Crippen LogP contribution in [0.15, 0.2) is 23.0 Å². The molecular formula is C7H7NO3. The van der Waals surface area contributed by atoms with Gasteiger partial charge >= 0.3 is 5.97 Å². The van der Waals surface area contributed by atoms with Crippen molar-refractivity contribution in [1.29, 1.82) is 0 Å². The van der Waals surface area contributed by atoms with Crippen molar-refractivity contribution in [1.82, 2.24) is 4.57 Å². The molecule has 0 aliphatic heterocycles. The van der Waals surface area contributed by atoms with Crippen molar-refractivity contribution in [3.63, 3.8) is 0 Å². The molecule has 58 valence electrons. The van der Waals surface area contributed by atoms with Crippen LogP contribution in [0.2, 0.25) is 0 Å². The third-order valence-electron chi connectivity index (χ3n) is 1.40. The Morgan fingerprint density at radius 3 is 2.64 bits per heavy atom. The van der Waals surface area contributed by atoms with Crippen molar-refractivity contribution in [2.45, 2.75) is 0 Å². The average Bonchev–Trinajstić information content (AvgIpc) is 1.94. The van der Waals surface area contributed by atoms with Gasteiger partial charge in [0.2, 0.25) is 0 Å². The van der Waals surface area contributed by atoms with E-state index >= 15 is 0 Å². The summed E-state index contributed by atoms with van der Waals surface area (Å²) in [6, 6.07) is 4.11. The highest BCUT2D eigenvalue weighted by Crippen LogP contribution is 1.92.